The average molecular weight is 274 g/mol. The number of benzene rings is 1. The molecular weight excluding hydrogens is 256 g/mol. The van der Waals surface area contributed by atoms with Gasteiger partial charge in [-0.15, -0.1) is 0 Å². The SMILES string of the molecule is CNc1ccc([N+](=O)[O-])cc1Cn1ccnc1C(C)C. The van der Waals surface area contributed by atoms with Gasteiger partial charge in [0, 0.05) is 48.7 Å². The lowest BCUT2D eigenvalue weighted by Crippen LogP contribution is -2.08. The fraction of sp³-hybridized carbons (Fsp3) is 0.357. The fourth-order valence-electron chi connectivity index (χ4n) is 2.21. The molecule has 1 N–H and O–H groups in total. The summed E-state index contributed by atoms with van der Waals surface area (Å²) in [5.41, 5.74) is 1.87. The monoisotopic (exact) mass is 274 g/mol. The first-order valence-corrected chi connectivity index (χ1v) is 6.49. The van der Waals surface area contributed by atoms with Crippen molar-refractivity contribution in [2.75, 3.05) is 12.4 Å². The molecule has 0 unspecified atom stereocenters. The second-order valence-electron chi connectivity index (χ2n) is 4.92. The third-order valence-electron chi connectivity index (χ3n) is 3.17. The van der Waals surface area contributed by atoms with E-state index < -0.39 is 0 Å². The molecule has 0 fully saturated rings. The van der Waals surface area contributed by atoms with Gasteiger partial charge in [0.2, 0.25) is 0 Å². The van der Waals surface area contributed by atoms with Crippen LogP contribution in [-0.4, -0.2) is 21.5 Å². The molecule has 2 rings (SSSR count). The summed E-state index contributed by atoms with van der Waals surface area (Å²) in [6, 6.07) is 4.85. The third kappa shape index (κ3) is 2.79. The third-order valence-corrected chi connectivity index (χ3v) is 3.17. The molecule has 0 bridgehead atoms. The Morgan fingerprint density at radius 3 is 2.80 bits per heavy atom. The quantitative estimate of drug-likeness (QED) is 0.672. The Balaban J connectivity index is 2.38. The first-order valence-electron chi connectivity index (χ1n) is 6.49. The minimum Gasteiger partial charge on any atom is -0.388 e. The van der Waals surface area contributed by atoms with Crippen LogP contribution in [0.2, 0.25) is 0 Å². The van der Waals surface area contributed by atoms with Crippen molar-refractivity contribution in [3.05, 3.63) is 52.1 Å². The average Bonchev–Trinajstić information content (AvgIpc) is 2.87. The molecule has 106 valence electrons. The summed E-state index contributed by atoms with van der Waals surface area (Å²) in [5, 5.41) is 14.0. The first-order chi connectivity index (χ1) is 9.52. The first kappa shape index (κ1) is 14.0. The normalized spacial score (nSPS) is 10.8. The molecule has 0 aliphatic heterocycles. The van der Waals surface area contributed by atoms with E-state index in [9.17, 15) is 10.1 Å². The van der Waals surface area contributed by atoms with Crippen LogP contribution < -0.4 is 5.32 Å². The highest BCUT2D eigenvalue weighted by atomic mass is 16.6. The maximum atomic E-state index is 10.9. The van der Waals surface area contributed by atoms with Gasteiger partial charge in [-0.05, 0) is 6.07 Å². The van der Waals surface area contributed by atoms with Crippen molar-refractivity contribution in [1.29, 1.82) is 0 Å². The van der Waals surface area contributed by atoms with Crippen LogP contribution in [0.4, 0.5) is 11.4 Å². The summed E-state index contributed by atoms with van der Waals surface area (Å²) >= 11 is 0. The molecule has 2 aromatic rings. The topological polar surface area (TPSA) is 73.0 Å². The number of hydrogen-bond donors (Lipinski definition) is 1. The van der Waals surface area contributed by atoms with Gasteiger partial charge in [-0.3, -0.25) is 10.1 Å². The molecule has 0 radical (unpaired) electrons. The van der Waals surface area contributed by atoms with E-state index >= 15 is 0 Å². The van der Waals surface area contributed by atoms with Gasteiger partial charge in [-0.25, -0.2) is 4.98 Å². The van der Waals surface area contributed by atoms with Crippen molar-refractivity contribution >= 4 is 11.4 Å². The largest absolute Gasteiger partial charge is 0.388 e. The molecule has 0 aliphatic carbocycles. The second kappa shape index (κ2) is 5.73. The molecule has 20 heavy (non-hydrogen) atoms. The number of non-ortho nitro benzene ring substituents is 1. The number of nitro benzene ring substituents is 1. The molecule has 0 saturated heterocycles. The van der Waals surface area contributed by atoms with Crippen LogP contribution in [0.15, 0.2) is 30.6 Å². The lowest BCUT2D eigenvalue weighted by Gasteiger charge is -2.13. The Bertz CT molecular complexity index is 619. The van der Waals surface area contributed by atoms with E-state index in [4.69, 9.17) is 0 Å². The highest BCUT2D eigenvalue weighted by molar-refractivity contribution is 5.55. The summed E-state index contributed by atoms with van der Waals surface area (Å²) in [5.74, 6) is 1.28. The molecule has 6 heteroatoms. The smallest absolute Gasteiger partial charge is 0.269 e. The summed E-state index contributed by atoms with van der Waals surface area (Å²) in [6.45, 7) is 4.71. The molecule has 0 atom stereocenters. The van der Waals surface area contributed by atoms with E-state index in [2.05, 4.69) is 24.1 Å². The van der Waals surface area contributed by atoms with E-state index in [0.29, 0.717) is 12.5 Å². The van der Waals surface area contributed by atoms with Crippen molar-refractivity contribution in [3.63, 3.8) is 0 Å². The molecular formula is C14H18N4O2. The lowest BCUT2D eigenvalue weighted by molar-refractivity contribution is -0.384. The highest BCUT2D eigenvalue weighted by Gasteiger charge is 2.13. The van der Waals surface area contributed by atoms with Crippen LogP contribution in [0.1, 0.15) is 31.2 Å². The van der Waals surface area contributed by atoms with Crippen LogP contribution in [0.5, 0.6) is 0 Å². The summed E-state index contributed by atoms with van der Waals surface area (Å²) < 4.78 is 2.02. The zero-order valence-corrected chi connectivity index (χ0v) is 11.8. The van der Waals surface area contributed by atoms with E-state index in [1.54, 1.807) is 18.3 Å². The van der Waals surface area contributed by atoms with Crippen LogP contribution in [0.25, 0.3) is 0 Å². The second-order valence-corrected chi connectivity index (χ2v) is 4.92. The highest BCUT2D eigenvalue weighted by Crippen LogP contribution is 2.24. The van der Waals surface area contributed by atoms with Gasteiger partial charge in [0.25, 0.3) is 5.69 Å². The minimum atomic E-state index is -0.375. The number of imidazole rings is 1. The Hall–Kier alpha value is -2.37. The maximum Gasteiger partial charge on any atom is 0.269 e. The standard InChI is InChI=1S/C14H18N4O2/c1-10(2)14-16-6-7-17(14)9-11-8-12(18(19)20)4-5-13(11)15-3/h4-8,10,15H,9H2,1-3H3. The van der Waals surface area contributed by atoms with E-state index in [-0.39, 0.29) is 10.6 Å². The van der Waals surface area contributed by atoms with Gasteiger partial charge in [0.1, 0.15) is 5.82 Å². The predicted molar refractivity (Wildman–Crippen MR) is 78.1 cm³/mol. The van der Waals surface area contributed by atoms with Gasteiger partial charge >= 0.3 is 0 Å². The number of hydrogen-bond acceptors (Lipinski definition) is 4. The van der Waals surface area contributed by atoms with Crippen LogP contribution in [0, 0.1) is 10.1 Å². The van der Waals surface area contributed by atoms with Crippen LogP contribution >= 0.6 is 0 Å². The van der Waals surface area contributed by atoms with Gasteiger partial charge in [-0.1, -0.05) is 13.8 Å². The predicted octanol–water partition coefficient (Wildman–Crippen LogP) is 3.00. The minimum absolute atomic E-state index is 0.102. The summed E-state index contributed by atoms with van der Waals surface area (Å²) in [7, 11) is 1.81. The Labute approximate surface area is 117 Å². The Morgan fingerprint density at radius 1 is 1.45 bits per heavy atom. The van der Waals surface area contributed by atoms with Crippen molar-refractivity contribution in [3.8, 4) is 0 Å². The number of anilines is 1. The van der Waals surface area contributed by atoms with Crippen LogP contribution in [-0.2, 0) is 6.54 Å². The van der Waals surface area contributed by atoms with Gasteiger partial charge < -0.3 is 9.88 Å². The molecule has 0 saturated carbocycles. The fourth-order valence-corrected chi connectivity index (χ4v) is 2.21. The van der Waals surface area contributed by atoms with Crippen molar-refractivity contribution < 1.29 is 4.92 Å². The molecule has 0 spiro atoms. The van der Waals surface area contributed by atoms with Crippen LogP contribution in [0.3, 0.4) is 0 Å². The zero-order chi connectivity index (χ0) is 14.7. The summed E-state index contributed by atoms with van der Waals surface area (Å²) in [4.78, 5) is 14.9. The molecule has 1 aromatic carbocycles. The Morgan fingerprint density at radius 2 is 2.20 bits per heavy atom. The van der Waals surface area contributed by atoms with Crippen molar-refractivity contribution in [2.45, 2.75) is 26.3 Å². The number of aromatic nitrogens is 2. The molecule has 0 amide bonds. The Kier molecular flexibility index (Phi) is 4.02. The zero-order valence-electron chi connectivity index (χ0n) is 11.8. The molecule has 6 nitrogen and oxygen atoms in total. The van der Waals surface area contributed by atoms with Gasteiger partial charge in [0.05, 0.1) is 11.5 Å². The lowest BCUT2D eigenvalue weighted by atomic mass is 10.1. The van der Waals surface area contributed by atoms with Gasteiger partial charge in [-0.2, -0.15) is 0 Å². The van der Waals surface area contributed by atoms with Crippen molar-refractivity contribution in [1.82, 2.24) is 9.55 Å². The maximum absolute atomic E-state index is 10.9. The van der Waals surface area contributed by atoms with Gasteiger partial charge in [0.15, 0.2) is 0 Å². The van der Waals surface area contributed by atoms with E-state index in [1.807, 2.05) is 17.8 Å². The van der Waals surface area contributed by atoms with E-state index in [0.717, 1.165) is 17.1 Å². The molecule has 0 aliphatic rings. The molecule has 1 heterocycles. The van der Waals surface area contributed by atoms with E-state index in [1.165, 1.54) is 6.07 Å². The number of nitro groups is 1. The number of nitrogens with zero attached hydrogens (tertiary/aromatic N) is 3. The van der Waals surface area contributed by atoms with Crippen molar-refractivity contribution in [2.24, 2.45) is 0 Å². The molecule has 1 aromatic heterocycles. The summed E-state index contributed by atoms with van der Waals surface area (Å²) in [6.07, 6.45) is 3.65. The number of nitrogens with one attached hydrogen (secondary N) is 1. The number of rotatable bonds is 5.